The summed E-state index contributed by atoms with van der Waals surface area (Å²) in [6.45, 7) is 13.9. The van der Waals surface area contributed by atoms with Crippen molar-refractivity contribution in [1.82, 2.24) is 15.5 Å². The number of ether oxygens (including phenoxy) is 1. The van der Waals surface area contributed by atoms with Crippen molar-refractivity contribution in [2.75, 3.05) is 70.5 Å². The first-order chi connectivity index (χ1) is 14.0. The monoisotopic (exact) mass is 405 g/mol. The van der Waals surface area contributed by atoms with Crippen molar-refractivity contribution in [3.05, 3.63) is 30.3 Å². The van der Waals surface area contributed by atoms with E-state index in [1.54, 1.807) is 0 Å². The lowest BCUT2D eigenvalue weighted by molar-refractivity contribution is -0.0179. The van der Waals surface area contributed by atoms with Crippen LogP contribution in [0.4, 0.5) is 5.69 Å². The Morgan fingerprint density at radius 2 is 1.93 bits per heavy atom. The Labute approximate surface area is 176 Å². The summed E-state index contributed by atoms with van der Waals surface area (Å²) >= 11 is 0. The Balaban J connectivity index is 1.77. The van der Waals surface area contributed by atoms with Crippen LogP contribution < -0.4 is 15.5 Å². The normalized spacial score (nSPS) is 17.6. The molecule has 0 aliphatic carbocycles. The van der Waals surface area contributed by atoms with Gasteiger partial charge in [-0.25, -0.2) is 0 Å². The minimum atomic E-state index is -0.855. The minimum Gasteiger partial charge on any atom is -0.387 e. The molecule has 164 valence electrons. The highest BCUT2D eigenvalue weighted by molar-refractivity contribution is 5.79. The van der Waals surface area contributed by atoms with Crippen molar-refractivity contribution < 1.29 is 9.84 Å². The van der Waals surface area contributed by atoms with Gasteiger partial charge < -0.3 is 25.4 Å². The maximum Gasteiger partial charge on any atom is 0.191 e. The Morgan fingerprint density at radius 1 is 1.21 bits per heavy atom. The molecular formula is C22H39N5O2. The third-order valence-corrected chi connectivity index (χ3v) is 4.99. The van der Waals surface area contributed by atoms with Crippen LogP contribution >= 0.6 is 0 Å². The van der Waals surface area contributed by atoms with Crippen LogP contribution in [0.1, 0.15) is 27.2 Å². The molecule has 0 spiro atoms. The minimum absolute atomic E-state index is 0.366. The molecule has 7 nitrogen and oxygen atoms in total. The second kappa shape index (κ2) is 12.7. The number of aliphatic hydroxyl groups is 1. The number of para-hydroxylation sites is 1. The lowest BCUT2D eigenvalue weighted by Gasteiger charge is -2.33. The van der Waals surface area contributed by atoms with E-state index in [4.69, 9.17) is 4.74 Å². The summed E-state index contributed by atoms with van der Waals surface area (Å²) in [6.07, 6.45) is 1.01. The largest absolute Gasteiger partial charge is 0.387 e. The van der Waals surface area contributed by atoms with Gasteiger partial charge in [-0.2, -0.15) is 0 Å². The van der Waals surface area contributed by atoms with Crippen molar-refractivity contribution in [3.8, 4) is 0 Å². The summed E-state index contributed by atoms with van der Waals surface area (Å²) < 4.78 is 5.38. The molecule has 0 aromatic heterocycles. The summed E-state index contributed by atoms with van der Waals surface area (Å²) in [6, 6.07) is 10.5. The number of nitrogens with one attached hydrogen (secondary N) is 2. The Kier molecular flexibility index (Phi) is 10.2. The fraction of sp³-hybridized carbons (Fsp3) is 0.682. The molecular weight excluding hydrogens is 366 g/mol. The zero-order valence-electron chi connectivity index (χ0n) is 18.4. The quantitative estimate of drug-likeness (QED) is 0.295. The number of anilines is 1. The predicted octanol–water partition coefficient (Wildman–Crippen LogP) is 1.54. The second-order valence-corrected chi connectivity index (χ2v) is 7.78. The first-order valence-electron chi connectivity index (χ1n) is 10.9. The van der Waals surface area contributed by atoms with Crippen molar-refractivity contribution in [3.63, 3.8) is 0 Å². The topological polar surface area (TPSA) is 72.4 Å². The Hall–Kier alpha value is -1.83. The molecule has 1 aromatic carbocycles. The van der Waals surface area contributed by atoms with Crippen LogP contribution in [0.25, 0.3) is 0 Å². The molecule has 0 saturated carbocycles. The molecule has 1 aromatic rings. The summed E-state index contributed by atoms with van der Waals surface area (Å²) in [5.74, 6) is 0.762. The highest BCUT2D eigenvalue weighted by atomic mass is 16.5. The molecule has 0 bridgehead atoms. The maximum atomic E-state index is 10.7. The van der Waals surface area contributed by atoms with Crippen LogP contribution in [0.5, 0.6) is 0 Å². The van der Waals surface area contributed by atoms with Gasteiger partial charge in [0.25, 0.3) is 0 Å². The fourth-order valence-corrected chi connectivity index (χ4v) is 3.47. The first kappa shape index (κ1) is 23.4. The van der Waals surface area contributed by atoms with E-state index in [-0.39, 0.29) is 0 Å². The zero-order valence-corrected chi connectivity index (χ0v) is 18.4. The third-order valence-electron chi connectivity index (χ3n) is 4.99. The predicted molar refractivity (Wildman–Crippen MR) is 121 cm³/mol. The molecule has 1 aliphatic heterocycles. The van der Waals surface area contributed by atoms with E-state index in [0.29, 0.717) is 13.1 Å². The van der Waals surface area contributed by atoms with Crippen LogP contribution in [0.15, 0.2) is 35.3 Å². The van der Waals surface area contributed by atoms with Gasteiger partial charge in [0.2, 0.25) is 0 Å². The van der Waals surface area contributed by atoms with Gasteiger partial charge in [0, 0.05) is 51.5 Å². The lowest BCUT2D eigenvalue weighted by atomic mass is 10.1. The number of benzene rings is 1. The molecule has 1 fully saturated rings. The molecule has 1 unspecified atom stereocenters. The van der Waals surface area contributed by atoms with E-state index in [1.165, 1.54) is 5.69 Å². The standard InChI is InChI=1S/C22H39N5O2/c1-4-23-21(25-18-22(3,28)19-26-14-16-29-17-15-26)24-12-9-13-27(5-2)20-10-7-6-8-11-20/h6-8,10-11,28H,4-5,9,12-19H2,1-3H3,(H2,23,24,25). The summed E-state index contributed by atoms with van der Waals surface area (Å²) in [4.78, 5) is 9.23. The first-order valence-corrected chi connectivity index (χ1v) is 10.9. The van der Waals surface area contributed by atoms with Crippen LogP contribution in [-0.4, -0.2) is 87.1 Å². The van der Waals surface area contributed by atoms with E-state index >= 15 is 0 Å². The summed E-state index contributed by atoms with van der Waals surface area (Å²) in [5, 5.41) is 17.4. The van der Waals surface area contributed by atoms with E-state index < -0.39 is 5.60 Å². The summed E-state index contributed by atoms with van der Waals surface area (Å²) in [5.41, 5.74) is 0.404. The Morgan fingerprint density at radius 3 is 2.59 bits per heavy atom. The highest BCUT2D eigenvalue weighted by Crippen LogP contribution is 2.13. The third kappa shape index (κ3) is 9.02. The molecule has 1 heterocycles. The SMILES string of the molecule is CCNC(=NCC(C)(O)CN1CCOCC1)NCCCN(CC)c1ccccc1. The highest BCUT2D eigenvalue weighted by Gasteiger charge is 2.25. The van der Waals surface area contributed by atoms with Gasteiger partial charge in [0.1, 0.15) is 0 Å². The average molecular weight is 406 g/mol. The lowest BCUT2D eigenvalue weighted by Crippen LogP contribution is -2.48. The zero-order chi connectivity index (χ0) is 21.0. The number of rotatable bonds is 11. The van der Waals surface area contributed by atoms with Crippen LogP contribution in [-0.2, 0) is 4.74 Å². The van der Waals surface area contributed by atoms with E-state index in [9.17, 15) is 5.11 Å². The molecule has 1 atom stereocenters. The van der Waals surface area contributed by atoms with Gasteiger partial charge in [0.05, 0.1) is 25.4 Å². The van der Waals surface area contributed by atoms with E-state index in [1.807, 2.05) is 13.0 Å². The number of nitrogens with zero attached hydrogens (tertiary/aromatic N) is 3. The molecule has 3 N–H and O–H groups in total. The number of hydrogen-bond donors (Lipinski definition) is 3. The van der Waals surface area contributed by atoms with E-state index in [2.05, 4.69) is 63.5 Å². The average Bonchev–Trinajstić information content (AvgIpc) is 2.73. The number of hydrogen-bond acceptors (Lipinski definition) is 5. The molecule has 2 rings (SSSR count). The van der Waals surface area contributed by atoms with Crippen molar-refractivity contribution in [1.29, 1.82) is 0 Å². The molecule has 0 amide bonds. The van der Waals surface area contributed by atoms with Gasteiger partial charge in [0.15, 0.2) is 5.96 Å². The van der Waals surface area contributed by atoms with Gasteiger partial charge in [-0.05, 0) is 39.3 Å². The molecule has 0 radical (unpaired) electrons. The number of aliphatic imine (C=N–C) groups is 1. The van der Waals surface area contributed by atoms with Crippen LogP contribution in [0.2, 0.25) is 0 Å². The maximum absolute atomic E-state index is 10.7. The molecule has 1 saturated heterocycles. The summed E-state index contributed by atoms with van der Waals surface area (Å²) in [7, 11) is 0. The van der Waals surface area contributed by atoms with E-state index in [0.717, 1.165) is 64.9 Å². The van der Waals surface area contributed by atoms with Gasteiger partial charge in [-0.15, -0.1) is 0 Å². The van der Waals surface area contributed by atoms with Crippen molar-refractivity contribution in [2.24, 2.45) is 4.99 Å². The molecule has 29 heavy (non-hydrogen) atoms. The van der Waals surface area contributed by atoms with Crippen LogP contribution in [0, 0.1) is 0 Å². The molecule has 1 aliphatic rings. The Bertz CT molecular complexity index is 588. The number of morpholine rings is 1. The number of guanidine groups is 1. The van der Waals surface area contributed by atoms with Gasteiger partial charge in [-0.1, -0.05) is 18.2 Å². The van der Waals surface area contributed by atoms with Crippen molar-refractivity contribution >= 4 is 11.6 Å². The van der Waals surface area contributed by atoms with Gasteiger partial charge >= 0.3 is 0 Å². The second-order valence-electron chi connectivity index (χ2n) is 7.78. The van der Waals surface area contributed by atoms with Crippen LogP contribution in [0.3, 0.4) is 0 Å². The van der Waals surface area contributed by atoms with Gasteiger partial charge in [-0.3, -0.25) is 9.89 Å². The fourth-order valence-electron chi connectivity index (χ4n) is 3.47. The molecule has 7 heteroatoms. The smallest absolute Gasteiger partial charge is 0.191 e. The van der Waals surface area contributed by atoms with Crippen molar-refractivity contribution in [2.45, 2.75) is 32.8 Å². The number of β-amino-alcohol motifs (C(OH)–C–C–N with tert-alkyl or cyclic N) is 1.